The Balaban J connectivity index is 3.68. The van der Waals surface area contributed by atoms with Crippen LogP contribution in [0.5, 0.6) is 0 Å². The molecule has 0 spiro atoms. The Hall–Kier alpha value is -0.280. The topological polar surface area (TPSA) is 29.5 Å². The molecule has 0 saturated heterocycles. The number of hydrogen-bond acceptors (Lipinski definition) is 2. The summed E-state index contributed by atoms with van der Waals surface area (Å²) in [5.41, 5.74) is 0. The van der Waals surface area contributed by atoms with Crippen molar-refractivity contribution < 1.29 is 9.53 Å². The molecule has 0 aliphatic heterocycles. The maximum Gasteiger partial charge on any atom is 0.222 e. The molecule has 0 aromatic carbocycles. The molecule has 0 aliphatic rings. The van der Waals surface area contributed by atoms with Crippen LogP contribution < -0.4 is 0 Å². The van der Waals surface area contributed by atoms with Crippen molar-refractivity contribution in [2.24, 2.45) is 0 Å². The highest BCUT2D eigenvalue weighted by Crippen LogP contribution is 2.04. The number of methoxy groups -OCH3 is 1. The van der Waals surface area contributed by atoms with Gasteiger partial charge in [0.1, 0.15) is 0 Å². The molecule has 0 bridgehead atoms. The van der Waals surface area contributed by atoms with Crippen LogP contribution in [0.2, 0.25) is 0 Å². The van der Waals surface area contributed by atoms with Gasteiger partial charge in [-0.15, -0.1) is 11.6 Å². The molecule has 3 nitrogen and oxygen atoms in total. The van der Waals surface area contributed by atoms with E-state index in [1.54, 1.807) is 19.1 Å². The summed E-state index contributed by atoms with van der Waals surface area (Å²) in [4.78, 5) is 13.3. The minimum Gasteiger partial charge on any atom is -0.383 e. The second-order valence-corrected chi connectivity index (χ2v) is 4.40. The second kappa shape index (κ2) is 8.98. The molecule has 0 radical (unpaired) electrons. The van der Waals surface area contributed by atoms with E-state index < -0.39 is 0 Å². The van der Waals surface area contributed by atoms with Gasteiger partial charge in [0.25, 0.3) is 0 Å². The molecule has 0 heterocycles. The van der Waals surface area contributed by atoms with Gasteiger partial charge >= 0.3 is 0 Å². The number of alkyl halides is 1. The number of hydrogen-bond donors (Lipinski definition) is 0. The highest BCUT2D eigenvalue weighted by Gasteiger charge is 2.12. The van der Waals surface area contributed by atoms with Crippen LogP contribution in [0.1, 0.15) is 32.6 Å². The summed E-state index contributed by atoms with van der Waals surface area (Å²) in [5, 5.41) is -0.116. The van der Waals surface area contributed by atoms with E-state index >= 15 is 0 Å². The lowest BCUT2D eigenvalue weighted by atomic mass is 10.2. The third-order valence-electron chi connectivity index (χ3n) is 2.24. The Morgan fingerprint density at radius 1 is 1.47 bits per heavy atom. The first-order chi connectivity index (χ1) is 7.11. The van der Waals surface area contributed by atoms with Crippen LogP contribution in [-0.2, 0) is 9.53 Å². The molecule has 1 unspecified atom stereocenters. The largest absolute Gasteiger partial charge is 0.383 e. The third kappa shape index (κ3) is 7.63. The van der Waals surface area contributed by atoms with Crippen molar-refractivity contribution in [1.29, 1.82) is 0 Å². The standard InChI is InChI=1S/C11H22ClNO2/c1-4-5-6-7-11(14)13(2)8-10(12)9-15-3/h10H,4-9H2,1-3H3. The lowest BCUT2D eigenvalue weighted by Gasteiger charge is -2.19. The van der Waals surface area contributed by atoms with Crippen molar-refractivity contribution in [3.8, 4) is 0 Å². The van der Waals surface area contributed by atoms with E-state index in [-0.39, 0.29) is 11.3 Å². The van der Waals surface area contributed by atoms with Crippen molar-refractivity contribution in [1.82, 2.24) is 4.90 Å². The molecule has 0 fully saturated rings. The Kier molecular flexibility index (Phi) is 8.82. The Morgan fingerprint density at radius 3 is 2.67 bits per heavy atom. The van der Waals surface area contributed by atoms with E-state index in [2.05, 4.69) is 6.92 Å². The van der Waals surface area contributed by atoms with Crippen LogP contribution >= 0.6 is 11.6 Å². The Morgan fingerprint density at radius 2 is 2.13 bits per heavy atom. The van der Waals surface area contributed by atoms with Crippen LogP contribution in [-0.4, -0.2) is 43.5 Å². The van der Waals surface area contributed by atoms with Crippen molar-refractivity contribution >= 4 is 17.5 Å². The predicted octanol–water partition coefficient (Wildman–Crippen LogP) is 2.28. The van der Waals surface area contributed by atoms with E-state index in [0.717, 1.165) is 19.3 Å². The van der Waals surface area contributed by atoms with Crippen molar-refractivity contribution in [3.63, 3.8) is 0 Å². The number of carbonyl (C=O) groups excluding carboxylic acids is 1. The zero-order valence-corrected chi connectivity index (χ0v) is 10.7. The molecule has 4 heteroatoms. The molecule has 1 amide bonds. The van der Waals surface area contributed by atoms with Gasteiger partial charge in [-0.3, -0.25) is 4.79 Å². The summed E-state index contributed by atoms with van der Waals surface area (Å²) in [6.45, 7) is 3.16. The van der Waals surface area contributed by atoms with Crippen LogP contribution in [0.25, 0.3) is 0 Å². The summed E-state index contributed by atoms with van der Waals surface area (Å²) in [5.74, 6) is 0.171. The van der Waals surface area contributed by atoms with Gasteiger partial charge < -0.3 is 9.64 Å². The van der Waals surface area contributed by atoms with Crippen LogP contribution in [0, 0.1) is 0 Å². The van der Waals surface area contributed by atoms with Gasteiger partial charge in [-0.05, 0) is 6.42 Å². The molecular formula is C11H22ClNO2. The van der Waals surface area contributed by atoms with E-state index in [4.69, 9.17) is 16.3 Å². The van der Waals surface area contributed by atoms with Gasteiger partial charge in [-0.2, -0.15) is 0 Å². The summed E-state index contributed by atoms with van der Waals surface area (Å²) in [6.07, 6.45) is 3.85. The number of halogens is 1. The Bertz CT molecular complexity index is 176. The molecule has 0 aromatic heterocycles. The van der Waals surface area contributed by atoms with Crippen LogP contribution in [0.15, 0.2) is 0 Å². The number of ether oxygens (including phenoxy) is 1. The summed E-state index contributed by atoms with van der Waals surface area (Å²) in [7, 11) is 3.40. The highest BCUT2D eigenvalue weighted by atomic mass is 35.5. The minimum absolute atomic E-state index is 0.116. The number of nitrogens with zero attached hydrogens (tertiary/aromatic N) is 1. The average molecular weight is 236 g/mol. The Labute approximate surface area is 97.7 Å². The van der Waals surface area contributed by atoms with Crippen molar-refractivity contribution in [2.45, 2.75) is 38.0 Å². The molecule has 0 rings (SSSR count). The lowest BCUT2D eigenvalue weighted by molar-refractivity contribution is -0.130. The molecule has 1 atom stereocenters. The molecular weight excluding hydrogens is 214 g/mol. The first-order valence-corrected chi connectivity index (χ1v) is 5.92. The summed E-state index contributed by atoms with van der Waals surface area (Å²) >= 11 is 5.96. The van der Waals surface area contributed by atoms with Crippen molar-refractivity contribution in [2.75, 3.05) is 27.3 Å². The van der Waals surface area contributed by atoms with Crippen molar-refractivity contribution in [3.05, 3.63) is 0 Å². The fourth-order valence-corrected chi connectivity index (χ4v) is 1.68. The summed E-state index contributed by atoms with van der Waals surface area (Å²) < 4.78 is 4.91. The molecule has 0 aromatic rings. The molecule has 90 valence electrons. The maximum absolute atomic E-state index is 11.6. The van der Waals surface area contributed by atoms with Gasteiger partial charge in [-0.25, -0.2) is 0 Å². The number of carbonyl (C=O) groups is 1. The average Bonchev–Trinajstić information content (AvgIpc) is 2.18. The normalized spacial score (nSPS) is 12.5. The van der Waals surface area contributed by atoms with Gasteiger partial charge in [0.15, 0.2) is 0 Å². The van der Waals surface area contributed by atoms with Crippen LogP contribution in [0.3, 0.4) is 0 Å². The molecule has 0 saturated carbocycles. The van der Waals surface area contributed by atoms with E-state index in [9.17, 15) is 4.79 Å². The first-order valence-electron chi connectivity index (χ1n) is 5.48. The van der Waals surface area contributed by atoms with Gasteiger partial charge in [-0.1, -0.05) is 19.8 Å². The second-order valence-electron chi connectivity index (χ2n) is 3.78. The monoisotopic (exact) mass is 235 g/mol. The van der Waals surface area contributed by atoms with E-state index in [1.165, 1.54) is 0 Å². The van der Waals surface area contributed by atoms with Gasteiger partial charge in [0.2, 0.25) is 5.91 Å². The smallest absolute Gasteiger partial charge is 0.222 e. The molecule has 15 heavy (non-hydrogen) atoms. The molecule has 0 aliphatic carbocycles. The quantitative estimate of drug-likeness (QED) is 0.477. The van der Waals surface area contributed by atoms with Gasteiger partial charge in [0, 0.05) is 27.1 Å². The highest BCUT2D eigenvalue weighted by molar-refractivity contribution is 6.21. The zero-order valence-electron chi connectivity index (χ0n) is 9.96. The zero-order chi connectivity index (χ0) is 11.7. The maximum atomic E-state index is 11.6. The fourth-order valence-electron chi connectivity index (χ4n) is 1.35. The summed E-state index contributed by atoms with van der Waals surface area (Å²) in [6, 6.07) is 0. The molecule has 0 N–H and O–H groups in total. The minimum atomic E-state index is -0.116. The number of rotatable bonds is 8. The van der Waals surface area contributed by atoms with E-state index in [1.807, 2.05) is 0 Å². The SMILES string of the molecule is CCCCCC(=O)N(C)CC(Cl)COC. The first kappa shape index (κ1) is 14.7. The lowest BCUT2D eigenvalue weighted by Crippen LogP contribution is -2.33. The number of unbranched alkanes of at least 4 members (excludes halogenated alkanes) is 2. The fraction of sp³-hybridized carbons (Fsp3) is 0.909. The van der Waals surface area contributed by atoms with Gasteiger partial charge in [0.05, 0.1) is 12.0 Å². The predicted molar refractivity (Wildman–Crippen MR) is 63.3 cm³/mol. The third-order valence-corrected chi connectivity index (χ3v) is 2.50. The number of amides is 1. The van der Waals surface area contributed by atoms with Crippen LogP contribution in [0.4, 0.5) is 0 Å². The van der Waals surface area contributed by atoms with E-state index in [0.29, 0.717) is 19.6 Å².